The van der Waals surface area contributed by atoms with Gasteiger partial charge >= 0.3 is 0 Å². The molecule has 2 aromatic carbocycles. The lowest BCUT2D eigenvalue weighted by molar-refractivity contribution is 0.600. The first kappa shape index (κ1) is 18.3. The van der Waals surface area contributed by atoms with E-state index in [0.29, 0.717) is 11.4 Å². The Bertz CT molecular complexity index is 811. The summed E-state index contributed by atoms with van der Waals surface area (Å²) in [6.45, 7) is 3.15. The molecule has 0 saturated heterocycles. The average molecular weight is 368 g/mol. The van der Waals surface area contributed by atoms with E-state index in [1.807, 2.05) is 0 Å². The maximum Gasteiger partial charge on any atom is 0.232 e. The van der Waals surface area contributed by atoms with Gasteiger partial charge in [0.2, 0.25) is 20.0 Å². The molecule has 0 aliphatic heterocycles. The van der Waals surface area contributed by atoms with E-state index in [-0.39, 0.29) is 11.5 Å². The van der Waals surface area contributed by atoms with Crippen molar-refractivity contribution in [2.45, 2.75) is 13.8 Å². The fourth-order valence-corrected chi connectivity index (χ4v) is 3.24. The summed E-state index contributed by atoms with van der Waals surface area (Å²) in [6, 6.07) is 14.0. The minimum absolute atomic E-state index is 0.0177. The lowest BCUT2D eigenvalue weighted by Crippen LogP contribution is -2.14. The molecule has 0 aromatic heterocycles. The number of rotatable bonds is 7. The van der Waals surface area contributed by atoms with Crippen LogP contribution in [-0.2, 0) is 20.0 Å². The molecule has 2 aromatic rings. The first-order valence-corrected chi connectivity index (χ1v) is 10.8. The van der Waals surface area contributed by atoms with E-state index in [0.717, 1.165) is 11.1 Å². The Morgan fingerprint density at radius 2 is 0.917 bits per heavy atom. The molecular formula is C16H20N2O4S2. The van der Waals surface area contributed by atoms with Crippen molar-refractivity contribution in [1.82, 2.24) is 0 Å². The lowest BCUT2D eigenvalue weighted by atomic mass is 10.1. The van der Waals surface area contributed by atoms with Gasteiger partial charge in [-0.05, 0) is 49.2 Å². The Hall–Kier alpha value is -2.06. The van der Waals surface area contributed by atoms with Crippen LogP contribution in [0.15, 0.2) is 48.5 Å². The second-order valence-corrected chi connectivity index (χ2v) is 9.19. The van der Waals surface area contributed by atoms with Crippen LogP contribution in [0.5, 0.6) is 0 Å². The molecule has 130 valence electrons. The highest BCUT2D eigenvalue weighted by Gasteiger charge is 2.08. The smallest absolute Gasteiger partial charge is 0.232 e. The molecule has 0 spiro atoms. The second kappa shape index (κ2) is 7.23. The predicted octanol–water partition coefficient (Wildman–Crippen LogP) is 2.88. The zero-order chi connectivity index (χ0) is 17.8. The first-order chi connectivity index (χ1) is 11.2. The Balaban J connectivity index is 2.15. The Morgan fingerprint density at radius 3 is 1.17 bits per heavy atom. The Morgan fingerprint density at radius 1 is 0.625 bits per heavy atom. The van der Waals surface area contributed by atoms with Crippen molar-refractivity contribution in [3.8, 4) is 11.1 Å². The summed E-state index contributed by atoms with van der Waals surface area (Å²) in [5.74, 6) is 0.0355. The monoisotopic (exact) mass is 368 g/mol. The maximum atomic E-state index is 11.5. The van der Waals surface area contributed by atoms with E-state index >= 15 is 0 Å². The molecule has 0 heterocycles. The van der Waals surface area contributed by atoms with Gasteiger partial charge in [0.15, 0.2) is 0 Å². The van der Waals surface area contributed by atoms with Crippen molar-refractivity contribution in [2.24, 2.45) is 0 Å². The number of hydrogen-bond donors (Lipinski definition) is 2. The van der Waals surface area contributed by atoms with Crippen LogP contribution >= 0.6 is 0 Å². The molecule has 2 N–H and O–H groups in total. The number of benzene rings is 2. The van der Waals surface area contributed by atoms with Crippen LogP contribution in [0.4, 0.5) is 11.4 Å². The van der Waals surface area contributed by atoms with Gasteiger partial charge in [-0.15, -0.1) is 0 Å². The topological polar surface area (TPSA) is 92.3 Å². The molecule has 0 saturated carbocycles. The van der Waals surface area contributed by atoms with Gasteiger partial charge in [0.05, 0.1) is 11.5 Å². The lowest BCUT2D eigenvalue weighted by Gasteiger charge is -2.09. The summed E-state index contributed by atoms with van der Waals surface area (Å²) in [7, 11) is -6.58. The van der Waals surface area contributed by atoms with Gasteiger partial charge in [-0.25, -0.2) is 16.8 Å². The van der Waals surface area contributed by atoms with Crippen LogP contribution in [0.25, 0.3) is 11.1 Å². The summed E-state index contributed by atoms with van der Waals surface area (Å²) < 4.78 is 51.1. The predicted molar refractivity (Wildman–Crippen MR) is 98.0 cm³/mol. The average Bonchev–Trinajstić information content (AvgIpc) is 2.56. The highest BCUT2D eigenvalue weighted by Crippen LogP contribution is 2.24. The summed E-state index contributed by atoms with van der Waals surface area (Å²) in [5, 5.41) is 0. The molecule has 24 heavy (non-hydrogen) atoms. The first-order valence-electron chi connectivity index (χ1n) is 7.46. The number of anilines is 2. The largest absolute Gasteiger partial charge is 0.284 e. The Kier molecular flexibility index (Phi) is 5.51. The van der Waals surface area contributed by atoms with E-state index < -0.39 is 20.0 Å². The molecule has 0 atom stereocenters. The molecule has 2 rings (SSSR count). The van der Waals surface area contributed by atoms with Gasteiger partial charge < -0.3 is 0 Å². The zero-order valence-corrected chi connectivity index (χ0v) is 15.1. The molecule has 0 aliphatic rings. The minimum atomic E-state index is -3.29. The van der Waals surface area contributed by atoms with Crippen LogP contribution in [0.2, 0.25) is 0 Å². The van der Waals surface area contributed by atoms with Crippen LogP contribution in [0.3, 0.4) is 0 Å². The molecular weight excluding hydrogens is 348 g/mol. The van der Waals surface area contributed by atoms with Gasteiger partial charge in [-0.2, -0.15) is 0 Å². The van der Waals surface area contributed by atoms with Gasteiger partial charge in [0.25, 0.3) is 0 Å². The highest BCUT2D eigenvalue weighted by atomic mass is 32.2. The summed E-state index contributed by atoms with van der Waals surface area (Å²) in [4.78, 5) is 0. The zero-order valence-electron chi connectivity index (χ0n) is 13.5. The van der Waals surface area contributed by atoms with Crippen LogP contribution in [0, 0.1) is 0 Å². The van der Waals surface area contributed by atoms with Gasteiger partial charge in [0, 0.05) is 11.4 Å². The summed E-state index contributed by atoms with van der Waals surface area (Å²) in [6.07, 6.45) is 0. The SMILES string of the molecule is CCS(=O)(=O)Nc1ccc(-c2ccc(NS(=O)(=O)CC)cc2)cc1. The third kappa shape index (κ3) is 4.97. The molecule has 0 aliphatic carbocycles. The van der Waals surface area contributed by atoms with E-state index in [9.17, 15) is 16.8 Å². The highest BCUT2D eigenvalue weighted by molar-refractivity contribution is 7.92. The van der Waals surface area contributed by atoms with Crippen molar-refractivity contribution < 1.29 is 16.8 Å². The third-order valence-corrected chi connectivity index (χ3v) is 6.02. The van der Waals surface area contributed by atoms with Gasteiger partial charge in [0.1, 0.15) is 0 Å². The molecule has 0 radical (unpaired) electrons. The van der Waals surface area contributed by atoms with Crippen molar-refractivity contribution in [3.63, 3.8) is 0 Å². The fourth-order valence-electron chi connectivity index (χ4n) is 1.96. The van der Waals surface area contributed by atoms with Crippen LogP contribution < -0.4 is 9.44 Å². The van der Waals surface area contributed by atoms with Gasteiger partial charge in [-0.1, -0.05) is 24.3 Å². The van der Waals surface area contributed by atoms with Crippen molar-refractivity contribution in [3.05, 3.63) is 48.5 Å². The van der Waals surface area contributed by atoms with Crippen molar-refractivity contribution in [1.29, 1.82) is 0 Å². The number of sulfonamides is 2. The van der Waals surface area contributed by atoms with E-state index in [1.54, 1.807) is 62.4 Å². The molecule has 0 bridgehead atoms. The van der Waals surface area contributed by atoms with Crippen molar-refractivity contribution in [2.75, 3.05) is 20.9 Å². The number of hydrogen-bond acceptors (Lipinski definition) is 4. The van der Waals surface area contributed by atoms with E-state index in [1.165, 1.54) is 0 Å². The quantitative estimate of drug-likeness (QED) is 0.786. The van der Waals surface area contributed by atoms with Crippen LogP contribution in [-0.4, -0.2) is 28.3 Å². The van der Waals surface area contributed by atoms with Crippen molar-refractivity contribution >= 4 is 31.4 Å². The molecule has 8 heteroatoms. The number of nitrogens with one attached hydrogen (secondary N) is 2. The maximum absolute atomic E-state index is 11.5. The summed E-state index contributed by atoms with van der Waals surface area (Å²) in [5.41, 5.74) is 2.82. The minimum Gasteiger partial charge on any atom is -0.284 e. The third-order valence-electron chi connectivity index (χ3n) is 3.41. The molecule has 0 amide bonds. The standard InChI is InChI=1S/C16H20N2O4S2/c1-3-23(19,20)17-15-9-5-13(6-10-15)14-7-11-16(12-8-14)18-24(21,22)4-2/h5-12,17-18H,3-4H2,1-2H3. The molecule has 6 nitrogen and oxygen atoms in total. The normalized spacial score (nSPS) is 11.9. The second-order valence-electron chi connectivity index (χ2n) is 5.17. The summed E-state index contributed by atoms with van der Waals surface area (Å²) >= 11 is 0. The fraction of sp³-hybridized carbons (Fsp3) is 0.250. The van der Waals surface area contributed by atoms with E-state index in [2.05, 4.69) is 9.44 Å². The van der Waals surface area contributed by atoms with E-state index in [4.69, 9.17) is 0 Å². The van der Waals surface area contributed by atoms with Gasteiger partial charge in [-0.3, -0.25) is 9.44 Å². The van der Waals surface area contributed by atoms with Crippen LogP contribution in [0.1, 0.15) is 13.8 Å². The Labute approximate surface area is 143 Å². The molecule has 0 unspecified atom stereocenters. The molecule has 0 fully saturated rings.